The average Bonchev–Trinajstić information content (AvgIpc) is 2.15. The van der Waals surface area contributed by atoms with Crippen molar-refractivity contribution in [2.75, 3.05) is 19.6 Å². The fraction of sp³-hybridized carbons (Fsp3) is 0.909. The zero-order valence-corrected chi connectivity index (χ0v) is 9.42. The van der Waals surface area contributed by atoms with Crippen LogP contribution in [0.5, 0.6) is 0 Å². The molecule has 0 saturated carbocycles. The van der Waals surface area contributed by atoms with Gasteiger partial charge >= 0.3 is 0 Å². The highest BCUT2D eigenvalue weighted by atomic mass is 15.1. The number of hydrogen-bond acceptors (Lipinski definition) is 2. The first-order valence-corrected chi connectivity index (χ1v) is 5.66. The van der Waals surface area contributed by atoms with Gasteiger partial charge in [-0.15, -0.1) is 0 Å². The van der Waals surface area contributed by atoms with Crippen molar-refractivity contribution in [2.45, 2.75) is 33.1 Å². The molecule has 1 saturated heterocycles. The number of likely N-dealkylation sites (tertiary alicyclic amines) is 1. The van der Waals surface area contributed by atoms with Gasteiger partial charge in [0, 0.05) is 5.92 Å². The number of nitrogens with one attached hydrogen (secondary N) is 1. The van der Waals surface area contributed by atoms with Crippen LogP contribution in [-0.4, -0.2) is 30.4 Å². The molecule has 0 amide bonds. The highest BCUT2D eigenvalue weighted by Gasteiger charge is 2.20. The second-order valence-corrected chi connectivity index (χ2v) is 4.75. The second-order valence-electron chi connectivity index (χ2n) is 4.75. The minimum Gasteiger partial charge on any atom is -0.387 e. The van der Waals surface area contributed by atoms with Crippen LogP contribution in [0, 0.1) is 17.2 Å². The standard InChI is InChI=1S/C11H23N3/c1-9(2)3-6-14-7-4-10(5-8-14)11(12)13/h9-10H,3-8H2,1-2H3,(H3,12,13). The summed E-state index contributed by atoms with van der Waals surface area (Å²) in [4.78, 5) is 2.50. The molecule has 0 aromatic carbocycles. The van der Waals surface area contributed by atoms with E-state index in [0.29, 0.717) is 11.8 Å². The van der Waals surface area contributed by atoms with Gasteiger partial charge in [-0.1, -0.05) is 13.8 Å². The van der Waals surface area contributed by atoms with E-state index in [2.05, 4.69) is 18.7 Å². The quantitative estimate of drug-likeness (QED) is 0.532. The van der Waals surface area contributed by atoms with Crippen molar-refractivity contribution < 1.29 is 0 Å². The monoisotopic (exact) mass is 197 g/mol. The molecule has 0 unspecified atom stereocenters. The van der Waals surface area contributed by atoms with Gasteiger partial charge in [-0.05, 0) is 44.8 Å². The van der Waals surface area contributed by atoms with E-state index < -0.39 is 0 Å². The average molecular weight is 197 g/mol. The van der Waals surface area contributed by atoms with Crippen molar-refractivity contribution in [3.8, 4) is 0 Å². The number of rotatable bonds is 4. The van der Waals surface area contributed by atoms with Crippen LogP contribution in [0.25, 0.3) is 0 Å². The molecule has 1 rings (SSSR count). The van der Waals surface area contributed by atoms with Crippen LogP contribution in [0.1, 0.15) is 33.1 Å². The summed E-state index contributed by atoms with van der Waals surface area (Å²) < 4.78 is 0. The van der Waals surface area contributed by atoms with Gasteiger partial charge in [-0.3, -0.25) is 5.41 Å². The fourth-order valence-corrected chi connectivity index (χ4v) is 1.91. The molecular weight excluding hydrogens is 174 g/mol. The molecule has 3 N–H and O–H groups in total. The van der Waals surface area contributed by atoms with Crippen LogP contribution >= 0.6 is 0 Å². The SMILES string of the molecule is CC(C)CCN1CCC(C(=N)N)CC1. The molecular formula is C11H23N3. The third kappa shape index (κ3) is 3.66. The Morgan fingerprint density at radius 2 is 2.00 bits per heavy atom. The molecule has 0 bridgehead atoms. The molecule has 82 valence electrons. The molecule has 0 atom stereocenters. The molecule has 1 fully saturated rings. The predicted octanol–water partition coefficient (Wildman–Crippen LogP) is 1.68. The Bertz CT molecular complexity index is 181. The van der Waals surface area contributed by atoms with Crippen molar-refractivity contribution in [3.05, 3.63) is 0 Å². The van der Waals surface area contributed by atoms with Gasteiger partial charge in [-0.2, -0.15) is 0 Å². The Labute approximate surface area is 87.2 Å². The third-order valence-corrected chi connectivity index (χ3v) is 3.05. The highest BCUT2D eigenvalue weighted by Crippen LogP contribution is 2.17. The maximum absolute atomic E-state index is 7.38. The Balaban J connectivity index is 2.19. The first-order valence-electron chi connectivity index (χ1n) is 5.66. The number of nitrogens with zero attached hydrogens (tertiary/aromatic N) is 1. The van der Waals surface area contributed by atoms with Crippen molar-refractivity contribution in [2.24, 2.45) is 17.6 Å². The summed E-state index contributed by atoms with van der Waals surface area (Å²) in [6.07, 6.45) is 3.44. The van der Waals surface area contributed by atoms with Crippen LogP contribution in [-0.2, 0) is 0 Å². The van der Waals surface area contributed by atoms with E-state index in [0.717, 1.165) is 31.8 Å². The van der Waals surface area contributed by atoms with E-state index in [1.54, 1.807) is 0 Å². The topological polar surface area (TPSA) is 53.1 Å². The summed E-state index contributed by atoms with van der Waals surface area (Å²) in [6, 6.07) is 0. The van der Waals surface area contributed by atoms with Gasteiger partial charge in [0.1, 0.15) is 0 Å². The minimum absolute atomic E-state index is 0.352. The van der Waals surface area contributed by atoms with Crippen LogP contribution in [0.15, 0.2) is 0 Å². The Morgan fingerprint density at radius 1 is 1.43 bits per heavy atom. The van der Waals surface area contributed by atoms with E-state index in [1.165, 1.54) is 13.0 Å². The van der Waals surface area contributed by atoms with Crippen LogP contribution < -0.4 is 5.73 Å². The summed E-state index contributed by atoms with van der Waals surface area (Å²) in [5.41, 5.74) is 5.50. The van der Waals surface area contributed by atoms with Crippen LogP contribution in [0.3, 0.4) is 0 Å². The number of piperidine rings is 1. The normalized spacial score (nSPS) is 20.2. The largest absolute Gasteiger partial charge is 0.387 e. The summed E-state index contributed by atoms with van der Waals surface area (Å²) in [7, 11) is 0. The minimum atomic E-state index is 0.352. The lowest BCUT2D eigenvalue weighted by atomic mass is 9.95. The zero-order chi connectivity index (χ0) is 10.6. The summed E-state index contributed by atoms with van der Waals surface area (Å²) in [5, 5.41) is 7.38. The van der Waals surface area contributed by atoms with Crippen LogP contribution in [0.4, 0.5) is 0 Å². The smallest absolute Gasteiger partial charge is 0.0937 e. The molecule has 14 heavy (non-hydrogen) atoms. The first-order chi connectivity index (χ1) is 6.59. The van der Waals surface area contributed by atoms with Gasteiger partial charge in [0.05, 0.1) is 5.84 Å². The number of hydrogen-bond donors (Lipinski definition) is 2. The maximum atomic E-state index is 7.38. The molecule has 0 aliphatic carbocycles. The molecule has 0 aromatic rings. The Morgan fingerprint density at radius 3 is 2.43 bits per heavy atom. The molecule has 3 nitrogen and oxygen atoms in total. The molecule has 1 aliphatic rings. The highest BCUT2D eigenvalue weighted by molar-refractivity contribution is 5.79. The van der Waals surface area contributed by atoms with E-state index in [4.69, 9.17) is 11.1 Å². The molecule has 0 aromatic heterocycles. The number of nitrogens with two attached hydrogens (primary N) is 1. The third-order valence-electron chi connectivity index (χ3n) is 3.05. The van der Waals surface area contributed by atoms with E-state index in [-0.39, 0.29) is 0 Å². The van der Waals surface area contributed by atoms with Crippen molar-refractivity contribution in [1.82, 2.24) is 4.90 Å². The molecule has 0 radical (unpaired) electrons. The van der Waals surface area contributed by atoms with Crippen molar-refractivity contribution >= 4 is 5.84 Å². The van der Waals surface area contributed by atoms with Gasteiger partial charge in [0.15, 0.2) is 0 Å². The maximum Gasteiger partial charge on any atom is 0.0937 e. The Hall–Kier alpha value is -0.570. The summed E-state index contributed by atoms with van der Waals surface area (Å²) in [6.45, 7) is 7.99. The van der Waals surface area contributed by atoms with Gasteiger partial charge in [-0.25, -0.2) is 0 Å². The van der Waals surface area contributed by atoms with Gasteiger partial charge in [0.25, 0.3) is 0 Å². The van der Waals surface area contributed by atoms with Gasteiger partial charge in [0.2, 0.25) is 0 Å². The van der Waals surface area contributed by atoms with Crippen LogP contribution in [0.2, 0.25) is 0 Å². The first kappa shape index (κ1) is 11.5. The van der Waals surface area contributed by atoms with Crippen molar-refractivity contribution in [1.29, 1.82) is 5.41 Å². The molecule has 0 spiro atoms. The lowest BCUT2D eigenvalue weighted by molar-refractivity contribution is 0.199. The lowest BCUT2D eigenvalue weighted by Gasteiger charge is -2.31. The summed E-state index contributed by atoms with van der Waals surface area (Å²) >= 11 is 0. The molecule has 1 heterocycles. The lowest BCUT2D eigenvalue weighted by Crippen LogP contribution is -2.38. The second kappa shape index (κ2) is 5.35. The predicted molar refractivity (Wildman–Crippen MR) is 60.5 cm³/mol. The zero-order valence-electron chi connectivity index (χ0n) is 9.42. The van der Waals surface area contributed by atoms with E-state index in [1.807, 2.05) is 0 Å². The Kier molecular flexibility index (Phi) is 4.39. The molecule has 1 aliphatic heterocycles. The van der Waals surface area contributed by atoms with Crippen molar-refractivity contribution in [3.63, 3.8) is 0 Å². The molecule has 3 heteroatoms. The summed E-state index contributed by atoms with van der Waals surface area (Å²) in [5.74, 6) is 1.53. The van der Waals surface area contributed by atoms with Gasteiger partial charge < -0.3 is 10.6 Å². The van der Waals surface area contributed by atoms with E-state index >= 15 is 0 Å². The fourth-order valence-electron chi connectivity index (χ4n) is 1.91. The number of amidine groups is 1. The van der Waals surface area contributed by atoms with E-state index in [9.17, 15) is 0 Å².